The van der Waals surface area contributed by atoms with Crippen molar-refractivity contribution in [3.05, 3.63) is 54.5 Å². The molecule has 0 amide bonds. The van der Waals surface area contributed by atoms with Gasteiger partial charge < -0.3 is 24.5 Å². The van der Waals surface area contributed by atoms with E-state index in [1.54, 1.807) is 11.2 Å². The summed E-state index contributed by atoms with van der Waals surface area (Å²) in [5.41, 5.74) is 0. The topological polar surface area (TPSA) is 63.7 Å². The molecule has 24 heavy (non-hydrogen) atoms. The minimum absolute atomic E-state index is 0.322. The van der Waals surface area contributed by atoms with E-state index >= 15 is 0 Å². The van der Waals surface area contributed by atoms with Crippen molar-refractivity contribution in [2.45, 2.75) is 25.0 Å². The number of nitrogens with one attached hydrogen (secondary N) is 1. The van der Waals surface area contributed by atoms with Crippen LogP contribution in [-0.4, -0.2) is 44.0 Å². The molecule has 1 aliphatic rings. The third-order valence-corrected chi connectivity index (χ3v) is 4.65. The summed E-state index contributed by atoms with van der Waals surface area (Å²) in [7, 11) is 0. The molecule has 1 fully saturated rings. The molecule has 1 saturated heterocycles. The first-order valence-corrected chi connectivity index (χ1v) is 8.88. The van der Waals surface area contributed by atoms with Crippen LogP contribution in [0.3, 0.4) is 0 Å². The average molecular weight is 332 g/mol. The highest BCUT2D eigenvalue weighted by molar-refractivity contribution is 5.20. The zero-order valence-corrected chi connectivity index (χ0v) is 14.1. The first-order valence-electron chi connectivity index (χ1n) is 8.88. The second-order valence-electron chi connectivity index (χ2n) is 6.47. The van der Waals surface area contributed by atoms with Crippen molar-refractivity contribution in [3.63, 3.8) is 0 Å². The summed E-state index contributed by atoms with van der Waals surface area (Å²) < 4.78 is 11.2. The quantitative estimate of drug-likeness (QED) is 0.606. The van der Waals surface area contributed by atoms with Gasteiger partial charge in [-0.25, -0.2) is 0 Å². The highest BCUT2D eigenvalue weighted by Crippen LogP contribution is 2.10. The van der Waals surface area contributed by atoms with Gasteiger partial charge in [-0.2, -0.15) is 0 Å². The molecule has 4 N–H and O–H groups in total. The molecule has 5 nitrogen and oxygen atoms in total. The van der Waals surface area contributed by atoms with Gasteiger partial charge in [0, 0.05) is 12.8 Å². The van der Waals surface area contributed by atoms with Crippen LogP contribution in [-0.2, 0) is 0 Å². The molecule has 1 aromatic carbocycles. The lowest BCUT2D eigenvalue weighted by molar-refractivity contribution is -0.935. The van der Waals surface area contributed by atoms with Crippen LogP contribution in [0.5, 0.6) is 5.75 Å². The molecular formula is C19H28N2O3+2. The molecule has 0 radical (unpaired) electrons. The molecule has 5 heteroatoms. The number of likely N-dealkylation sites (tertiary alicyclic amines) is 1. The Morgan fingerprint density at radius 3 is 2.58 bits per heavy atom. The lowest BCUT2D eigenvalue weighted by Crippen LogP contribution is -3.13. The fourth-order valence-corrected chi connectivity index (χ4v) is 3.38. The van der Waals surface area contributed by atoms with E-state index < -0.39 is 6.10 Å². The van der Waals surface area contributed by atoms with Gasteiger partial charge in [0.1, 0.15) is 31.5 Å². The van der Waals surface area contributed by atoms with E-state index in [-0.39, 0.29) is 0 Å². The van der Waals surface area contributed by atoms with Crippen molar-refractivity contribution in [1.29, 1.82) is 0 Å². The van der Waals surface area contributed by atoms with Gasteiger partial charge in [0.2, 0.25) is 0 Å². The molecule has 3 rings (SSSR count). The first-order chi connectivity index (χ1) is 11.8. The van der Waals surface area contributed by atoms with Gasteiger partial charge in [-0.05, 0) is 24.3 Å². The summed E-state index contributed by atoms with van der Waals surface area (Å²) in [6.07, 6.45) is 3.86. The number of hydrogen-bond donors (Lipinski definition) is 3. The minimum atomic E-state index is -0.476. The van der Waals surface area contributed by atoms with Crippen molar-refractivity contribution >= 4 is 0 Å². The Morgan fingerprint density at radius 2 is 1.88 bits per heavy atom. The summed E-state index contributed by atoms with van der Waals surface area (Å²) in [5.74, 6) is 1.85. The molecule has 2 atom stereocenters. The van der Waals surface area contributed by atoms with E-state index in [2.05, 4.69) is 11.4 Å². The van der Waals surface area contributed by atoms with Crippen molar-refractivity contribution in [2.75, 3.05) is 32.8 Å². The van der Waals surface area contributed by atoms with E-state index in [1.165, 1.54) is 25.9 Å². The molecule has 0 saturated carbocycles. The zero-order chi connectivity index (χ0) is 16.6. The van der Waals surface area contributed by atoms with E-state index in [0.29, 0.717) is 19.2 Å². The number of benzene rings is 1. The number of rotatable bonds is 9. The molecule has 2 aromatic rings. The molecule has 130 valence electrons. The third-order valence-electron chi connectivity index (χ3n) is 4.65. The molecule has 0 aliphatic carbocycles. The second-order valence-corrected chi connectivity index (χ2v) is 6.47. The Labute approximate surface area is 143 Å². The standard InChI is InChI=1S/C19H26N2O3/c22-16(15-24-17-7-2-1-3-8-17)13-20-14-18(19-9-6-12-23-19)21-10-4-5-11-21/h1-3,6-9,12,16,18,20,22H,4-5,10-11,13-15H2/p+2/t16-,18-/m1/s1. The zero-order valence-electron chi connectivity index (χ0n) is 14.1. The number of ether oxygens (including phenoxy) is 1. The average Bonchev–Trinajstić information content (AvgIpc) is 3.31. The summed E-state index contributed by atoms with van der Waals surface area (Å²) in [4.78, 5) is 1.59. The maximum atomic E-state index is 10.1. The van der Waals surface area contributed by atoms with E-state index in [0.717, 1.165) is 18.1 Å². The molecular weight excluding hydrogens is 304 g/mol. The van der Waals surface area contributed by atoms with Gasteiger partial charge >= 0.3 is 0 Å². The van der Waals surface area contributed by atoms with Crippen molar-refractivity contribution in [1.82, 2.24) is 0 Å². The molecule has 0 unspecified atom stereocenters. The minimum Gasteiger partial charge on any atom is -0.491 e. The van der Waals surface area contributed by atoms with Crippen LogP contribution in [0.4, 0.5) is 0 Å². The summed E-state index contributed by atoms with van der Waals surface area (Å²) >= 11 is 0. The van der Waals surface area contributed by atoms with Crippen LogP contribution in [0.1, 0.15) is 24.6 Å². The first kappa shape index (κ1) is 17.0. The van der Waals surface area contributed by atoms with Crippen molar-refractivity contribution in [2.24, 2.45) is 0 Å². The Balaban J connectivity index is 1.43. The number of quaternary nitrogens is 2. The number of aliphatic hydroxyl groups is 1. The molecule has 1 aromatic heterocycles. The normalized spacial score (nSPS) is 17.7. The predicted molar refractivity (Wildman–Crippen MR) is 91.0 cm³/mol. The Morgan fingerprint density at radius 1 is 1.08 bits per heavy atom. The molecule has 0 bridgehead atoms. The van der Waals surface area contributed by atoms with E-state index in [1.807, 2.05) is 36.4 Å². The van der Waals surface area contributed by atoms with Gasteiger partial charge in [-0.15, -0.1) is 0 Å². The fraction of sp³-hybridized carbons (Fsp3) is 0.474. The van der Waals surface area contributed by atoms with E-state index in [4.69, 9.17) is 9.15 Å². The summed E-state index contributed by atoms with van der Waals surface area (Å²) in [6.45, 7) is 4.29. The highest BCUT2D eigenvalue weighted by atomic mass is 16.5. The maximum absolute atomic E-state index is 10.1. The Kier molecular flexibility index (Phi) is 6.29. The Bertz CT molecular complexity index is 568. The van der Waals surface area contributed by atoms with Crippen LogP contribution < -0.4 is 15.0 Å². The van der Waals surface area contributed by atoms with Gasteiger partial charge in [0.25, 0.3) is 0 Å². The van der Waals surface area contributed by atoms with E-state index in [9.17, 15) is 5.11 Å². The maximum Gasteiger partial charge on any atom is 0.195 e. The van der Waals surface area contributed by atoms with Crippen LogP contribution in [0.2, 0.25) is 0 Å². The van der Waals surface area contributed by atoms with Crippen LogP contribution in [0, 0.1) is 0 Å². The number of hydrogen-bond acceptors (Lipinski definition) is 3. The largest absolute Gasteiger partial charge is 0.491 e. The number of furan rings is 1. The third kappa shape index (κ3) is 4.84. The lowest BCUT2D eigenvalue weighted by Gasteiger charge is -2.22. The highest BCUT2D eigenvalue weighted by Gasteiger charge is 2.31. The van der Waals surface area contributed by atoms with Gasteiger partial charge in [0.05, 0.1) is 19.4 Å². The number of para-hydroxylation sites is 1. The summed E-state index contributed by atoms with van der Waals surface area (Å²) in [5, 5.41) is 12.3. The number of nitrogens with two attached hydrogens (primary N) is 1. The monoisotopic (exact) mass is 332 g/mol. The van der Waals surface area contributed by atoms with Crippen molar-refractivity contribution in [3.8, 4) is 5.75 Å². The molecule has 2 heterocycles. The fourth-order valence-electron chi connectivity index (χ4n) is 3.38. The SMILES string of the molecule is O[C@H](C[NH2+]C[C@H](c1ccco1)[NH+]1CCCC1)COc1ccccc1. The smallest absolute Gasteiger partial charge is 0.195 e. The van der Waals surface area contributed by atoms with Gasteiger partial charge in [-0.3, -0.25) is 0 Å². The second kappa shape index (κ2) is 8.87. The lowest BCUT2D eigenvalue weighted by atomic mass is 10.2. The van der Waals surface area contributed by atoms with Crippen LogP contribution in [0.15, 0.2) is 53.1 Å². The van der Waals surface area contributed by atoms with Gasteiger partial charge in [0.15, 0.2) is 11.8 Å². The van der Waals surface area contributed by atoms with Crippen LogP contribution in [0.25, 0.3) is 0 Å². The van der Waals surface area contributed by atoms with Gasteiger partial charge in [-0.1, -0.05) is 18.2 Å². The number of aliphatic hydroxyl groups excluding tert-OH is 1. The summed E-state index contributed by atoms with van der Waals surface area (Å²) in [6, 6.07) is 14.0. The Hall–Kier alpha value is -1.82. The van der Waals surface area contributed by atoms with Crippen LogP contribution >= 0.6 is 0 Å². The molecule has 1 aliphatic heterocycles. The molecule has 0 spiro atoms. The van der Waals surface area contributed by atoms with Crippen molar-refractivity contribution < 1.29 is 24.5 Å². The predicted octanol–water partition coefficient (Wildman–Crippen LogP) is 0.00270.